The Hall–Kier alpha value is -2.15. The van der Waals surface area contributed by atoms with Gasteiger partial charge in [-0.3, -0.25) is 0 Å². The minimum atomic E-state index is -0.959. The third-order valence-corrected chi connectivity index (χ3v) is 4.16. The van der Waals surface area contributed by atoms with Gasteiger partial charge in [0, 0.05) is 30.3 Å². The number of carbonyl (C=O) groups is 1. The molecule has 1 fully saturated rings. The summed E-state index contributed by atoms with van der Waals surface area (Å²) in [6.45, 7) is 7.74. The lowest BCUT2D eigenvalue weighted by molar-refractivity contribution is 0.0690. The van der Waals surface area contributed by atoms with Crippen molar-refractivity contribution < 1.29 is 14.6 Å². The van der Waals surface area contributed by atoms with Crippen LogP contribution in [0.5, 0.6) is 0 Å². The van der Waals surface area contributed by atoms with Crippen molar-refractivity contribution in [3.63, 3.8) is 0 Å². The monoisotopic (exact) mass is 304 g/mol. The number of aromatic amines is 1. The molecule has 22 heavy (non-hydrogen) atoms. The van der Waals surface area contributed by atoms with Gasteiger partial charge in [0.05, 0.1) is 6.61 Å². The molecule has 7 heteroatoms. The average molecular weight is 304 g/mol. The van der Waals surface area contributed by atoms with Crippen molar-refractivity contribution in [3.8, 4) is 11.4 Å². The Bertz CT molecular complexity index is 711. The molecule has 1 aliphatic rings. The van der Waals surface area contributed by atoms with Gasteiger partial charge >= 0.3 is 5.97 Å². The molecular weight excluding hydrogens is 284 g/mol. The Morgan fingerprint density at radius 2 is 2.27 bits per heavy atom. The number of rotatable bonds is 4. The van der Waals surface area contributed by atoms with Gasteiger partial charge in [-0.15, -0.1) is 0 Å². The van der Waals surface area contributed by atoms with Crippen LogP contribution in [0, 0.1) is 13.8 Å². The van der Waals surface area contributed by atoms with Gasteiger partial charge < -0.3 is 14.8 Å². The Morgan fingerprint density at radius 3 is 2.82 bits per heavy atom. The van der Waals surface area contributed by atoms with E-state index in [0.29, 0.717) is 18.7 Å². The van der Waals surface area contributed by atoms with Gasteiger partial charge in [-0.1, -0.05) is 0 Å². The van der Waals surface area contributed by atoms with Crippen molar-refractivity contribution in [2.75, 3.05) is 13.2 Å². The first kappa shape index (κ1) is 14.8. The zero-order valence-corrected chi connectivity index (χ0v) is 13.0. The topological polar surface area (TPSA) is 93.0 Å². The summed E-state index contributed by atoms with van der Waals surface area (Å²) in [6.07, 6.45) is 0.929. The highest BCUT2D eigenvalue weighted by atomic mass is 16.5. The van der Waals surface area contributed by atoms with E-state index in [1.165, 1.54) is 0 Å². The predicted molar refractivity (Wildman–Crippen MR) is 80.1 cm³/mol. The van der Waals surface area contributed by atoms with E-state index < -0.39 is 5.97 Å². The number of ether oxygens (including phenoxy) is 1. The number of hydrogen-bond donors (Lipinski definition) is 2. The van der Waals surface area contributed by atoms with E-state index in [2.05, 4.69) is 15.1 Å². The highest BCUT2D eigenvalue weighted by Crippen LogP contribution is 2.31. The van der Waals surface area contributed by atoms with Gasteiger partial charge in [-0.2, -0.15) is 5.10 Å². The largest absolute Gasteiger partial charge is 0.477 e. The van der Waals surface area contributed by atoms with E-state index in [-0.39, 0.29) is 11.6 Å². The van der Waals surface area contributed by atoms with E-state index in [0.717, 1.165) is 35.9 Å². The van der Waals surface area contributed by atoms with Crippen LogP contribution >= 0.6 is 0 Å². The number of carboxylic acid groups (broad SMARTS) is 1. The molecule has 2 aromatic heterocycles. The van der Waals surface area contributed by atoms with Crippen LogP contribution < -0.4 is 0 Å². The van der Waals surface area contributed by atoms with E-state index in [9.17, 15) is 9.90 Å². The molecule has 0 amide bonds. The van der Waals surface area contributed by atoms with Gasteiger partial charge in [0.25, 0.3) is 0 Å². The molecule has 2 N–H and O–H groups in total. The molecule has 0 bridgehead atoms. The zero-order valence-electron chi connectivity index (χ0n) is 13.0. The number of carboxylic acids is 1. The molecule has 2 aromatic rings. The number of aryl methyl sites for hydroxylation is 2. The van der Waals surface area contributed by atoms with Gasteiger partial charge in [0.2, 0.25) is 0 Å². The summed E-state index contributed by atoms with van der Waals surface area (Å²) in [5, 5.41) is 13.9. The SMILES string of the molecule is CCn1nc(C2CCOC2)nc1-c1c(C)[nH]c(C(=O)O)c1C. The Kier molecular flexibility index (Phi) is 3.74. The normalized spacial score (nSPS) is 18.0. The summed E-state index contributed by atoms with van der Waals surface area (Å²) in [7, 11) is 0. The van der Waals surface area contributed by atoms with Crippen LogP contribution in [-0.4, -0.2) is 44.0 Å². The number of H-pyrrole nitrogens is 1. The van der Waals surface area contributed by atoms with Crippen molar-refractivity contribution in [1.29, 1.82) is 0 Å². The van der Waals surface area contributed by atoms with Crippen molar-refractivity contribution in [3.05, 3.63) is 22.8 Å². The third-order valence-electron chi connectivity index (χ3n) is 4.16. The summed E-state index contributed by atoms with van der Waals surface area (Å²) < 4.78 is 7.25. The van der Waals surface area contributed by atoms with Gasteiger partial charge in [0.1, 0.15) is 5.69 Å². The second-order valence-corrected chi connectivity index (χ2v) is 5.60. The van der Waals surface area contributed by atoms with E-state index in [1.54, 1.807) is 6.92 Å². The summed E-state index contributed by atoms with van der Waals surface area (Å²) in [4.78, 5) is 18.9. The van der Waals surface area contributed by atoms with Crippen LogP contribution in [0.3, 0.4) is 0 Å². The molecule has 3 rings (SSSR count). The molecule has 118 valence electrons. The molecular formula is C15H20N4O3. The van der Waals surface area contributed by atoms with Gasteiger partial charge in [-0.05, 0) is 32.8 Å². The molecule has 0 saturated carbocycles. The lowest BCUT2D eigenvalue weighted by Gasteiger charge is -2.03. The third kappa shape index (κ3) is 2.31. The van der Waals surface area contributed by atoms with Crippen LogP contribution in [-0.2, 0) is 11.3 Å². The van der Waals surface area contributed by atoms with Gasteiger partial charge in [-0.25, -0.2) is 14.5 Å². The van der Waals surface area contributed by atoms with Crippen molar-refractivity contribution in [2.45, 2.75) is 39.7 Å². The lowest BCUT2D eigenvalue weighted by atomic mass is 10.1. The van der Waals surface area contributed by atoms with E-state index >= 15 is 0 Å². The van der Waals surface area contributed by atoms with E-state index in [4.69, 9.17) is 4.74 Å². The van der Waals surface area contributed by atoms with Crippen LogP contribution in [0.2, 0.25) is 0 Å². The number of hydrogen-bond acceptors (Lipinski definition) is 4. The Morgan fingerprint density at radius 1 is 1.50 bits per heavy atom. The molecule has 1 unspecified atom stereocenters. The fourth-order valence-electron chi connectivity index (χ4n) is 2.98. The summed E-state index contributed by atoms with van der Waals surface area (Å²) >= 11 is 0. The Balaban J connectivity index is 2.09. The molecule has 0 radical (unpaired) electrons. The maximum Gasteiger partial charge on any atom is 0.352 e. The van der Waals surface area contributed by atoms with Gasteiger partial charge in [0.15, 0.2) is 11.6 Å². The quantitative estimate of drug-likeness (QED) is 0.902. The number of aromatic carboxylic acids is 1. The molecule has 0 aliphatic carbocycles. The number of nitrogens with zero attached hydrogens (tertiary/aromatic N) is 3. The maximum atomic E-state index is 11.3. The van der Waals surface area contributed by atoms with Crippen LogP contribution in [0.1, 0.15) is 46.8 Å². The van der Waals surface area contributed by atoms with Crippen LogP contribution in [0.4, 0.5) is 0 Å². The first-order valence-corrected chi connectivity index (χ1v) is 7.48. The lowest BCUT2D eigenvalue weighted by Crippen LogP contribution is -2.03. The fourth-order valence-corrected chi connectivity index (χ4v) is 2.98. The van der Waals surface area contributed by atoms with Crippen LogP contribution in [0.15, 0.2) is 0 Å². The summed E-state index contributed by atoms with van der Waals surface area (Å²) in [6, 6.07) is 0. The molecule has 7 nitrogen and oxygen atoms in total. The standard InChI is InChI=1S/C15H20N4O3/c1-4-19-14(17-13(18-19)10-5-6-22-7-10)11-8(2)12(15(20)21)16-9(11)3/h10,16H,4-7H2,1-3H3,(H,20,21). The molecule has 1 saturated heterocycles. The predicted octanol–water partition coefficient (Wildman–Crippen LogP) is 2.11. The molecule has 0 aromatic carbocycles. The minimum absolute atomic E-state index is 0.212. The first-order valence-electron chi connectivity index (χ1n) is 7.48. The van der Waals surface area contributed by atoms with Crippen molar-refractivity contribution in [1.82, 2.24) is 19.7 Å². The first-order chi connectivity index (χ1) is 10.5. The maximum absolute atomic E-state index is 11.3. The van der Waals surface area contributed by atoms with Crippen molar-refractivity contribution >= 4 is 5.97 Å². The average Bonchev–Trinajstić information content (AvgIpc) is 3.17. The highest BCUT2D eigenvalue weighted by molar-refractivity contribution is 5.90. The second kappa shape index (κ2) is 5.57. The second-order valence-electron chi connectivity index (χ2n) is 5.60. The molecule has 0 spiro atoms. The molecule has 1 atom stereocenters. The zero-order chi connectivity index (χ0) is 15.9. The molecule has 3 heterocycles. The molecule has 1 aliphatic heterocycles. The minimum Gasteiger partial charge on any atom is -0.477 e. The van der Waals surface area contributed by atoms with Crippen molar-refractivity contribution in [2.24, 2.45) is 0 Å². The van der Waals surface area contributed by atoms with E-state index in [1.807, 2.05) is 18.5 Å². The van der Waals surface area contributed by atoms with Crippen LogP contribution in [0.25, 0.3) is 11.4 Å². The highest BCUT2D eigenvalue weighted by Gasteiger charge is 2.26. The summed E-state index contributed by atoms with van der Waals surface area (Å²) in [5.41, 5.74) is 2.54. The summed E-state index contributed by atoms with van der Waals surface area (Å²) in [5.74, 6) is 0.776. The fraction of sp³-hybridized carbons (Fsp3) is 0.533. The number of aromatic nitrogens is 4. The Labute approximate surface area is 128 Å². The smallest absolute Gasteiger partial charge is 0.352 e. The number of nitrogens with one attached hydrogen (secondary N) is 1.